The highest BCUT2D eigenvalue weighted by Crippen LogP contribution is 2.13. The van der Waals surface area contributed by atoms with E-state index in [0.29, 0.717) is 26.1 Å². The van der Waals surface area contributed by atoms with E-state index >= 15 is 0 Å². The smallest absolute Gasteiger partial charge is 0.228 e. The summed E-state index contributed by atoms with van der Waals surface area (Å²) in [7, 11) is 0. The largest absolute Gasteiger partial charge is 0.389 e. The van der Waals surface area contributed by atoms with Gasteiger partial charge in [0.15, 0.2) is 0 Å². The minimum Gasteiger partial charge on any atom is -0.389 e. The number of nitrogens with zero attached hydrogens (tertiary/aromatic N) is 4. The van der Waals surface area contributed by atoms with Crippen LogP contribution in [0.1, 0.15) is 25.1 Å². The second-order valence-corrected chi connectivity index (χ2v) is 7.30. The highest BCUT2D eigenvalue weighted by molar-refractivity contribution is 5.78. The minimum absolute atomic E-state index is 0.124. The normalized spacial score (nSPS) is 16.8. The van der Waals surface area contributed by atoms with Crippen molar-refractivity contribution in [1.29, 1.82) is 0 Å². The molecule has 3 rings (SSSR count). The summed E-state index contributed by atoms with van der Waals surface area (Å²) in [5.41, 5.74) is 2.14. The molecule has 0 aliphatic carbocycles. The molecule has 1 saturated heterocycles. The van der Waals surface area contributed by atoms with Crippen molar-refractivity contribution in [2.75, 3.05) is 32.7 Å². The van der Waals surface area contributed by atoms with Gasteiger partial charge in [0.2, 0.25) is 5.91 Å². The average molecular weight is 330 g/mol. The fraction of sp³-hybridized carbons (Fsp3) is 0.556. The number of hydrogen-bond donors (Lipinski definition) is 1. The van der Waals surface area contributed by atoms with Crippen LogP contribution in [0, 0.1) is 6.92 Å². The lowest BCUT2D eigenvalue weighted by molar-refractivity contribution is -0.132. The Balaban J connectivity index is 1.58. The number of imidazole rings is 1. The molecule has 0 radical (unpaired) electrons. The van der Waals surface area contributed by atoms with Crippen molar-refractivity contribution in [2.45, 2.75) is 32.8 Å². The van der Waals surface area contributed by atoms with Gasteiger partial charge in [-0.25, -0.2) is 4.98 Å². The Morgan fingerprint density at radius 2 is 2.00 bits per heavy atom. The Morgan fingerprint density at radius 3 is 2.62 bits per heavy atom. The third-order valence-electron chi connectivity index (χ3n) is 4.40. The van der Waals surface area contributed by atoms with Gasteiger partial charge in [-0.1, -0.05) is 6.07 Å². The Labute approximate surface area is 142 Å². The van der Waals surface area contributed by atoms with Crippen LogP contribution in [0.3, 0.4) is 0 Å². The van der Waals surface area contributed by atoms with E-state index in [-0.39, 0.29) is 5.91 Å². The zero-order chi connectivity index (χ0) is 17.3. The van der Waals surface area contributed by atoms with Crippen LogP contribution in [-0.4, -0.2) is 68.5 Å². The fourth-order valence-electron chi connectivity index (χ4n) is 3.26. The van der Waals surface area contributed by atoms with Crippen molar-refractivity contribution < 1.29 is 9.90 Å². The van der Waals surface area contributed by atoms with Crippen LogP contribution in [0.5, 0.6) is 0 Å². The van der Waals surface area contributed by atoms with Crippen molar-refractivity contribution in [3.63, 3.8) is 0 Å². The van der Waals surface area contributed by atoms with E-state index in [1.54, 1.807) is 0 Å². The van der Waals surface area contributed by atoms with Crippen LogP contribution >= 0.6 is 0 Å². The van der Waals surface area contributed by atoms with Gasteiger partial charge in [0.1, 0.15) is 5.65 Å². The molecule has 1 aliphatic rings. The van der Waals surface area contributed by atoms with Crippen molar-refractivity contribution in [1.82, 2.24) is 19.2 Å². The summed E-state index contributed by atoms with van der Waals surface area (Å²) in [6.45, 7) is 9.32. The highest BCUT2D eigenvalue weighted by Gasteiger charge is 2.25. The molecule has 1 aliphatic heterocycles. The zero-order valence-electron chi connectivity index (χ0n) is 14.7. The Kier molecular flexibility index (Phi) is 4.60. The molecule has 6 nitrogen and oxygen atoms in total. The number of aromatic nitrogens is 2. The molecule has 0 aromatic carbocycles. The third-order valence-corrected chi connectivity index (χ3v) is 4.40. The van der Waals surface area contributed by atoms with E-state index in [9.17, 15) is 9.90 Å². The lowest BCUT2D eigenvalue weighted by atomic mass is 10.1. The molecule has 0 bridgehead atoms. The maximum atomic E-state index is 12.5. The zero-order valence-corrected chi connectivity index (χ0v) is 14.7. The molecule has 1 amide bonds. The molecule has 0 saturated carbocycles. The molecule has 1 N–H and O–H groups in total. The molecule has 130 valence electrons. The van der Waals surface area contributed by atoms with Gasteiger partial charge in [-0.15, -0.1) is 0 Å². The number of aryl methyl sites for hydroxylation is 1. The topological polar surface area (TPSA) is 61.1 Å². The summed E-state index contributed by atoms with van der Waals surface area (Å²) in [6, 6.07) is 4.01. The van der Waals surface area contributed by atoms with Gasteiger partial charge in [-0.3, -0.25) is 9.69 Å². The Morgan fingerprint density at radius 1 is 1.29 bits per heavy atom. The lowest BCUT2D eigenvalue weighted by Gasteiger charge is -2.37. The number of piperazine rings is 1. The first kappa shape index (κ1) is 16.9. The van der Waals surface area contributed by atoms with Gasteiger partial charge in [0.25, 0.3) is 0 Å². The second-order valence-electron chi connectivity index (χ2n) is 7.30. The molecule has 1 fully saturated rings. The number of carbonyl (C=O) groups is 1. The number of fused-ring (bicyclic) bond motifs is 1. The molecule has 0 unspecified atom stereocenters. The number of rotatable bonds is 4. The molecular weight excluding hydrogens is 304 g/mol. The van der Waals surface area contributed by atoms with Crippen molar-refractivity contribution in [3.05, 3.63) is 35.8 Å². The maximum Gasteiger partial charge on any atom is 0.228 e. The number of β-amino-alcohol motifs (C(OH)–C–C–N with tert-alkyl or cyclic N) is 1. The summed E-state index contributed by atoms with van der Waals surface area (Å²) < 4.78 is 1.97. The molecular formula is C18H26N4O2. The summed E-state index contributed by atoms with van der Waals surface area (Å²) >= 11 is 0. The van der Waals surface area contributed by atoms with Crippen molar-refractivity contribution in [3.8, 4) is 0 Å². The molecule has 6 heteroatoms. The summed E-state index contributed by atoms with van der Waals surface area (Å²) in [5, 5.41) is 9.90. The first-order chi connectivity index (χ1) is 11.3. The number of amides is 1. The summed E-state index contributed by atoms with van der Waals surface area (Å²) in [4.78, 5) is 21.2. The van der Waals surface area contributed by atoms with E-state index in [1.165, 1.54) is 0 Å². The maximum absolute atomic E-state index is 12.5. The number of pyridine rings is 1. The number of carbonyl (C=O) groups excluding carboxylic acids is 1. The first-order valence-electron chi connectivity index (χ1n) is 8.47. The van der Waals surface area contributed by atoms with Crippen LogP contribution in [0.4, 0.5) is 0 Å². The van der Waals surface area contributed by atoms with Gasteiger partial charge >= 0.3 is 0 Å². The van der Waals surface area contributed by atoms with E-state index < -0.39 is 5.60 Å². The summed E-state index contributed by atoms with van der Waals surface area (Å²) in [5.74, 6) is 0.124. The molecule has 0 spiro atoms. The molecule has 3 heterocycles. The average Bonchev–Trinajstić information content (AvgIpc) is 2.90. The van der Waals surface area contributed by atoms with Crippen LogP contribution in [-0.2, 0) is 11.2 Å². The second kappa shape index (κ2) is 6.53. The van der Waals surface area contributed by atoms with Gasteiger partial charge in [0.05, 0.1) is 17.7 Å². The third kappa shape index (κ3) is 3.94. The van der Waals surface area contributed by atoms with E-state index in [1.807, 2.05) is 54.6 Å². The molecule has 2 aromatic rings. The Hall–Kier alpha value is -1.92. The predicted octanol–water partition coefficient (Wildman–Crippen LogP) is 1.10. The molecule has 24 heavy (non-hydrogen) atoms. The molecule has 2 aromatic heterocycles. The number of hydrogen-bond acceptors (Lipinski definition) is 4. The molecule has 0 atom stereocenters. The van der Waals surface area contributed by atoms with E-state index in [2.05, 4.69) is 9.88 Å². The SMILES string of the molecule is Cc1cccn2cc(CC(=O)N3CCN(CC(C)(C)O)CC3)nc12. The fourth-order valence-corrected chi connectivity index (χ4v) is 3.26. The van der Waals surface area contributed by atoms with Crippen LogP contribution < -0.4 is 0 Å². The lowest BCUT2D eigenvalue weighted by Crippen LogP contribution is -2.52. The predicted molar refractivity (Wildman–Crippen MR) is 93.0 cm³/mol. The minimum atomic E-state index is -0.694. The van der Waals surface area contributed by atoms with Gasteiger partial charge in [-0.05, 0) is 32.4 Å². The van der Waals surface area contributed by atoms with Crippen LogP contribution in [0.2, 0.25) is 0 Å². The van der Waals surface area contributed by atoms with Gasteiger partial charge in [0, 0.05) is 45.1 Å². The standard InChI is InChI=1S/C18H26N4O2/c1-14-5-4-6-22-12-15(19-17(14)22)11-16(23)21-9-7-20(8-10-21)13-18(2,3)24/h4-6,12,24H,7-11,13H2,1-3H3. The highest BCUT2D eigenvalue weighted by atomic mass is 16.3. The first-order valence-corrected chi connectivity index (χ1v) is 8.47. The van der Waals surface area contributed by atoms with Crippen molar-refractivity contribution in [2.24, 2.45) is 0 Å². The van der Waals surface area contributed by atoms with Crippen LogP contribution in [0.25, 0.3) is 5.65 Å². The monoisotopic (exact) mass is 330 g/mol. The Bertz CT molecular complexity index is 724. The number of aliphatic hydroxyl groups is 1. The quantitative estimate of drug-likeness (QED) is 0.912. The summed E-state index contributed by atoms with van der Waals surface area (Å²) in [6.07, 6.45) is 4.23. The van der Waals surface area contributed by atoms with Gasteiger partial charge < -0.3 is 14.4 Å². The van der Waals surface area contributed by atoms with E-state index in [4.69, 9.17) is 0 Å². The van der Waals surface area contributed by atoms with E-state index in [0.717, 1.165) is 30.0 Å². The van der Waals surface area contributed by atoms with Gasteiger partial charge in [-0.2, -0.15) is 0 Å². The van der Waals surface area contributed by atoms with Crippen LogP contribution in [0.15, 0.2) is 24.5 Å². The van der Waals surface area contributed by atoms with Crippen molar-refractivity contribution >= 4 is 11.6 Å².